The molecule has 0 fully saturated rings. The number of anilines is 1. The van der Waals surface area contributed by atoms with Gasteiger partial charge in [-0.2, -0.15) is 0 Å². The van der Waals surface area contributed by atoms with E-state index in [1.54, 1.807) is 6.07 Å². The van der Waals surface area contributed by atoms with E-state index >= 15 is 0 Å². The first-order valence-corrected chi connectivity index (χ1v) is 11.2. The second-order valence-corrected chi connectivity index (χ2v) is 8.77. The maximum Gasteiger partial charge on any atom is 0.243 e. The van der Waals surface area contributed by atoms with Crippen molar-refractivity contribution in [2.45, 2.75) is 19.9 Å². The largest absolute Gasteiger partial charge is 0.495 e. The number of halogens is 1. The van der Waals surface area contributed by atoms with E-state index in [0.717, 1.165) is 16.1 Å². The first-order valence-electron chi connectivity index (χ1n) is 8.93. The summed E-state index contributed by atoms with van der Waals surface area (Å²) < 4.78 is 36.3. The van der Waals surface area contributed by atoms with Gasteiger partial charge >= 0.3 is 0 Å². The van der Waals surface area contributed by atoms with Crippen molar-refractivity contribution in [2.24, 2.45) is 0 Å². The lowest BCUT2D eigenvalue weighted by molar-refractivity contribution is -0.121. The number of amides is 1. The predicted molar refractivity (Wildman–Crippen MR) is 114 cm³/mol. The van der Waals surface area contributed by atoms with Gasteiger partial charge in [-0.3, -0.25) is 9.10 Å². The Morgan fingerprint density at radius 3 is 2.41 bits per heavy atom. The molecular weight excluding hydrogens is 416 g/mol. The van der Waals surface area contributed by atoms with Crippen molar-refractivity contribution in [3.8, 4) is 11.5 Å². The molecule has 29 heavy (non-hydrogen) atoms. The Kier molecular flexibility index (Phi) is 7.75. The minimum Gasteiger partial charge on any atom is -0.495 e. The zero-order valence-electron chi connectivity index (χ0n) is 16.8. The van der Waals surface area contributed by atoms with E-state index < -0.39 is 22.0 Å². The predicted octanol–water partition coefficient (Wildman–Crippen LogP) is 3.01. The van der Waals surface area contributed by atoms with Gasteiger partial charge in [-0.05, 0) is 44.2 Å². The lowest BCUT2D eigenvalue weighted by Gasteiger charge is -2.28. The van der Waals surface area contributed by atoms with Crippen molar-refractivity contribution in [3.05, 3.63) is 53.1 Å². The SMILES string of the molecule is COc1ccc(N([C@H](C)C(=O)NCCOc2ccc(C)cc2)S(C)(=O)=O)cc1Cl. The highest BCUT2D eigenvalue weighted by Crippen LogP contribution is 2.31. The molecule has 9 heteroatoms. The Morgan fingerprint density at radius 2 is 1.86 bits per heavy atom. The third kappa shape index (κ3) is 6.27. The van der Waals surface area contributed by atoms with Crippen LogP contribution in [0.5, 0.6) is 11.5 Å². The van der Waals surface area contributed by atoms with Crippen LogP contribution >= 0.6 is 11.6 Å². The molecule has 0 saturated carbocycles. The fraction of sp³-hybridized carbons (Fsp3) is 0.350. The Labute approximate surface area is 176 Å². The number of nitrogens with one attached hydrogen (secondary N) is 1. The van der Waals surface area contributed by atoms with Gasteiger partial charge in [-0.1, -0.05) is 29.3 Å². The molecule has 0 aliphatic carbocycles. The number of hydrogen-bond donors (Lipinski definition) is 1. The normalized spacial score (nSPS) is 12.2. The van der Waals surface area contributed by atoms with Crippen molar-refractivity contribution in [1.82, 2.24) is 5.32 Å². The van der Waals surface area contributed by atoms with Crippen LogP contribution in [0.1, 0.15) is 12.5 Å². The standard InChI is InChI=1S/C20H25ClN2O5S/c1-14-5-8-17(9-6-14)28-12-11-22-20(24)15(2)23(29(4,25)26)16-7-10-19(27-3)18(21)13-16/h5-10,13,15H,11-12H2,1-4H3,(H,22,24)/t15-/m1/s1. The zero-order chi connectivity index (χ0) is 21.6. The third-order valence-corrected chi connectivity index (χ3v) is 5.71. The van der Waals surface area contributed by atoms with Gasteiger partial charge in [0.25, 0.3) is 0 Å². The van der Waals surface area contributed by atoms with Crippen LogP contribution < -0.4 is 19.1 Å². The number of rotatable bonds is 9. The molecule has 158 valence electrons. The Bertz CT molecular complexity index is 948. The first kappa shape index (κ1) is 22.8. The fourth-order valence-corrected chi connectivity index (χ4v) is 4.15. The Morgan fingerprint density at radius 1 is 1.21 bits per heavy atom. The number of sulfonamides is 1. The summed E-state index contributed by atoms with van der Waals surface area (Å²) in [6.45, 7) is 3.98. The van der Waals surface area contributed by atoms with E-state index in [0.29, 0.717) is 11.5 Å². The highest BCUT2D eigenvalue weighted by molar-refractivity contribution is 7.92. The molecule has 0 aromatic heterocycles. The van der Waals surface area contributed by atoms with Gasteiger partial charge in [0, 0.05) is 0 Å². The third-order valence-electron chi connectivity index (χ3n) is 4.17. The molecule has 7 nitrogen and oxygen atoms in total. The summed E-state index contributed by atoms with van der Waals surface area (Å²) in [6.07, 6.45) is 1.04. The molecule has 0 aliphatic rings. The van der Waals surface area contributed by atoms with Crippen LogP contribution in [-0.2, 0) is 14.8 Å². The molecule has 0 radical (unpaired) electrons. The molecule has 2 aromatic rings. The summed E-state index contributed by atoms with van der Waals surface area (Å²) in [5.41, 5.74) is 1.40. The summed E-state index contributed by atoms with van der Waals surface area (Å²) in [5, 5.41) is 2.94. The van der Waals surface area contributed by atoms with Gasteiger partial charge in [0.15, 0.2) is 0 Å². The summed E-state index contributed by atoms with van der Waals surface area (Å²) >= 11 is 6.11. The van der Waals surface area contributed by atoms with E-state index in [9.17, 15) is 13.2 Å². The van der Waals surface area contributed by atoms with E-state index in [-0.39, 0.29) is 23.9 Å². The monoisotopic (exact) mass is 440 g/mol. The number of hydrogen-bond acceptors (Lipinski definition) is 5. The zero-order valence-corrected chi connectivity index (χ0v) is 18.4. The molecule has 0 unspecified atom stereocenters. The van der Waals surface area contributed by atoms with Gasteiger partial charge in [-0.25, -0.2) is 8.42 Å². The number of benzene rings is 2. The van der Waals surface area contributed by atoms with Gasteiger partial charge in [0.05, 0.1) is 30.6 Å². The van der Waals surface area contributed by atoms with Crippen LogP contribution in [0.4, 0.5) is 5.69 Å². The summed E-state index contributed by atoms with van der Waals surface area (Å²) in [7, 11) is -2.27. The molecule has 1 amide bonds. The summed E-state index contributed by atoms with van der Waals surface area (Å²) in [4.78, 5) is 12.5. The number of carbonyl (C=O) groups is 1. The van der Waals surface area contributed by atoms with Crippen LogP contribution in [0, 0.1) is 6.92 Å². The lowest BCUT2D eigenvalue weighted by Crippen LogP contribution is -2.48. The average Bonchev–Trinajstić information content (AvgIpc) is 2.65. The van der Waals surface area contributed by atoms with Gasteiger partial charge in [0.1, 0.15) is 24.1 Å². The van der Waals surface area contributed by atoms with Crippen molar-refractivity contribution in [3.63, 3.8) is 0 Å². The van der Waals surface area contributed by atoms with Crippen LogP contribution in [0.25, 0.3) is 0 Å². The van der Waals surface area contributed by atoms with Crippen molar-refractivity contribution in [1.29, 1.82) is 0 Å². The molecular formula is C20H25ClN2O5S. The second-order valence-electron chi connectivity index (χ2n) is 6.51. The number of aryl methyl sites for hydroxylation is 1. The van der Waals surface area contributed by atoms with Gasteiger partial charge in [-0.15, -0.1) is 0 Å². The minimum atomic E-state index is -3.73. The van der Waals surface area contributed by atoms with Gasteiger partial charge < -0.3 is 14.8 Å². The van der Waals surface area contributed by atoms with Crippen LogP contribution in [0.3, 0.4) is 0 Å². The molecule has 0 heterocycles. The Balaban J connectivity index is 2.03. The number of nitrogens with zero attached hydrogens (tertiary/aromatic N) is 1. The van der Waals surface area contributed by atoms with E-state index in [2.05, 4.69) is 5.32 Å². The smallest absolute Gasteiger partial charge is 0.243 e. The topological polar surface area (TPSA) is 84.9 Å². The molecule has 1 atom stereocenters. The van der Waals surface area contributed by atoms with E-state index in [4.69, 9.17) is 21.1 Å². The van der Waals surface area contributed by atoms with Crippen molar-refractivity contribution >= 4 is 33.2 Å². The molecule has 2 rings (SSSR count). The highest BCUT2D eigenvalue weighted by atomic mass is 35.5. The fourth-order valence-electron chi connectivity index (χ4n) is 2.73. The quantitative estimate of drug-likeness (QED) is 0.606. The number of carbonyl (C=O) groups excluding carboxylic acids is 1. The average molecular weight is 441 g/mol. The molecule has 0 spiro atoms. The van der Waals surface area contributed by atoms with Crippen LogP contribution in [-0.4, -0.2) is 46.9 Å². The minimum absolute atomic E-state index is 0.234. The van der Waals surface area contributed by atoms with E-state index in [1.807, 2.05) is 31.2 Å². The Hall–Kier alpha value is -2.45. The molecule has 0 bridgehead atoms. The van der Waals surface area contributed by atoms with Crippen molar-refractivity contribution in [2.75, 3.05) is 30.8 Å². The highest BCUT2D eigenvalue weighted by Gasteiger charge is 2.29. The molecule has 0 aliphatic heterocycles. The van der Waals surface area contributed by atoms with Crippen molar-refractivity contribution < 1.29 is 22.7 Å². The molecule has 0 saturated heterocycles. The first-order chi connectivity index (χ1) is 13.6. The maximum atomic E-state index is 12.5. The van der Waals surface area contributed by atoms with Crippen LogP contribution in [0.15, 0.2) is 42.5 Å². The molecule has 2 aromatic carbocycles. The van der Waals surface area contributed by atoms with Gasteiger partial charge in [0.2, 0.25) is 15.9 Å². The van der Waals surface area contributed by atoms with Crippen LogP contribution in [0.2, 0.25) is 5.02 Å². The molecule has 1 N–H and O–H groups in total. The van der Waals surface area contributed by atoms with E-state index in [1.165, 1.54) is 26.2 Å². The number of ether oxygens (including phenoxy) is 2. The number of methoxy groups -OCH3 is 1. The second kappa shape index (κ2) is 9.84. The summed E-state index contributed by atoms with van der Waals surface area (Å²) in [5.74, 6) is 0.660. The maximum absolute atomic E-state index is 12.5. The summed E-state index contributed by atoms with van der Waals surface area (Å²) in [6, 6.07) is 11.1. The lowest BCUT2D eigenvalue weighted by atomic mass is 10.2.